The van der Waals surface area contributed by atoms with Gasteiger partial charge in [-0.3, -0.25) is 0 Å². The van der Waals surface area contributed by atoms with Gasteiger partial charge < -0.3 is 0 Å². The van der Waals surface area contributed by atoms with Gasteiger partial charge in [0.1, 0.15) is 0 Å². The zero-order valence-corrected chi connectivity index (χ0v) is 9.48. The van der Waals surface area contributed by atoms with Crippen LogP contribution in [0, 0.1) is 22.2 Å². The number of hydrogen-bond acceptors (Lipinski definition) is 1. The summed E-state index contributed by atoms with van der Waals surface area (Å²) in [7, 11) is 0. The normalized spacial score (nSPS) is 28.4. The van der Waals surface area contributed by atoms with Crippen molar-refractivity contribution in [3.8, 4) is 6.07 Å². The summed E-state index contributed by atoms with van der Waals surface area (Å²) in [6, 6.07) is 2.55. The quantitative estimate of drug-likeness (QED) is 0.575. The summed E-state index contributed by atoms with van der Waals surface area (Å²) in [5.41, 5.74) is 3.21. The van der Waals surface area contributed by atoms with E-state index in [2.05, 4.69) is 26.8 Å². The van der Waals surface area contributed by atoms with Crippen LogP contribution in [-0.4, -0.2) is 0 Å². The van der Waals surface area contributed by atoms with Crippen molar-refractivity contribution in [3.63, 3.8) is 0 Å². The van der Waals surface area contributed by atoms with E-state index >= 15 is 0 Å². The van der Waals surface area contributed by atoms with Crippen LogP contribution < -0.4 is 0 Å². The molecule has 2 aliphatic rings. The molecule has 0 aliphatic heterocycles. The maximum absolute atomic E-state index is 9.27. The minimum absolute atomic E-state index is 0.0476. The van der Waals surface area contributed by atoms with E-state index < -0.39 is 0 Å². The zero-order valence-electron chi connectivity index (χ0n) is 9.48. The highest BCUT2D eigenvalue weighted by Crippen LogP contribution is 2.60. The largest absolute Gasteiger partial charge is 0.197 e. The molecule has 0 saturated heterocycles. The second-order valence-corrected chi connectivity index (χ2v) is 5.59. The summed E-state index contributed by atoms with van der Waals surface area (Å²) in [5, 5.41) is 9.27. The Morgan fingerprint density at radius 2 is 1.86 bits per heavy atom. The predicted molar refractivity (Wildman–Crippen MR) is 57.6 cm³/mol. The van der Waals surface area contributed by atoms with E-state index in [9.17, 15) is 5.26 Å². The molecule has 76 valence electrons. The van der Waals surface area contributed by atoms with Gasteiger partial charge in [0, 0.05) is 0 Å². The summed E-state index contributed by atoms with van der Waals surface area (Å²) in [5.74, 6) is 0. The third-order valence-corrected chi connectivity index (χ3v) is 3.90. The minimum atomic E-state index is -0.0476. The molecule has 0 aromatic heterocycles. The number of allylic oxidation sites excluding steroid dienone is 2. The SMILES string of the molecule is CC1=C(C2(C#N)CC2)C(C)(C)CCC1. The molecule has 1 saturated carbocycles. The Hall–Kier alpha value is -0.770. The van der Waals surface area contributed by atoms with Crippen LogP contribution in [0.5, 0.6) is 0 Å². The van der Waals surface area contributed by atoms with Crippen molar-refractivity contribution in [1.82, 2.24) is 0 Å². The molecule has 14 heavy (non-hydrogen) atoms. The maximum Gasteiger partial charge on any atom is 0.0791 e. The lowest BCUT2D eigenvalue weighted by molar-refractivity contribution is 0.333. The van der Waals surface area contributed by atoms with Crippen molar-refractivity contribution in [1.29, 1.82) is 5.26 Å². The Morgan fingerprint density at radius 1 is 1.21 bits per heavy atom. The van der Waals surface area contributed by atoms with E-state index in [1.807, 2.05) is 0 Å². The van der Waals surface area contributed by atoms with Crippen molar-refractivity contribution in [2.45, 2.75) is 52.9 Å². The fourth-order valence-corrected chi connectivity index (χ4v) is 3.22. The molecular formula is C13H19N. The molecule has 0 spiro atoms. The average Bonchev–Trinajstić information content (AvgIpc) is 2.84. The molecule has 1 fully saturated rings. The molecule has 2 rings (SSSR count). The molecule has 1 heteroatoms. The van der Waals surface area contributed by atoms with Crippen LogP contribution in [0.3, 0.4) is 0 Å². The molecule has 0 N–H and O–H groups in total. The fraction of sp³-hybridized carbons (Fsp3) is 0.769. The smallest absolute Gasteiger partial charge is 0.0791 e. The molecule has 0 radical (unpaired) electrons. The average molecular weight is 189 g/mol. The van der Waals surface area contributed by atoms with Gasteiger partial charge in [-0.1, -0.05) is 19.4 Å². The van der Waals surface area contributed by atoms with Gasteiger partial charge in [0.05, 0.1) is 11.5 Å². The van der Waals surface area contributed by atoms with Gasteiger partial charge in [-0.2, -0.15) is 5.26 Å². The molecule has 0 unspecified atom stereocenters. The summed E-state index contributed by atoms with van der Waals surface area (Å²) in [6.45, 7) is 6.85. The molecule has 0 bridgehead atoms. The van der Waals surface area contributed by atoms with Crippen LogP contribution >= 0.6 is 0 Å². The van der Waals surface area contributed by atoms with Gasteiger partial charge in [0.25, 0.3) is 0 Å². The fourth-order valence-electron chi connectivity index (χ4n) is 3.22. The summed E-state index contributed by atoms with van der Waals surface area (Å²) in [4.78, 5) is 0. The van der Waals surface area contributed by atoms with Gasteiger partial charge >= 0.3 is 0 Å². The lowest BCUT2D eigenvalue weighted by Crippen LogP contribution is -2.26. The number of nitriles is 1. The summed E-state index contributed by atoms with van der Waals surface area (Å²) >= 11 is 0. The first-order valence-corrected chi connectivity index (χ1v) is 5.64. The molecule has 0 heterocycles. The Bertz CT molecular complexity index is 324. The predicted octanol–water partition coefficient (Wildman–Crippen LogP) is 3.82. The van der Waals surface area contributed by atoms with E-state index in [1.54, 1.807) is 0 Å². The van der Waals surface area contributed by atoms with E-state index in [-0.39, 0.29) is 10.8 Å². The zero-order chi connectivity index (χ0) is 10.4. The van der Waals surface area contributed by atoms with Gasteiger partial charge in [0.15, 0.2) is 0 Å². The van der Waals surface area contributed by atoms with Crippen LogP contribution in [0.2, 0.25) is 0 Å². The monoisotopic (exact) mass is 189 g/mol. The first-order valence-electron chi connectivity index (χ1n) is 5.64. The molecular weight excluding hydrogens is 170 g/mol. The number of nitrogens with zero attached hydrogens (tertiary/aromatic N) is 1. The van der Waals surface area contributed by atoms with Gasteiger partial charge in [0.2, 0.25) is 0 Å². The second-order valence-electron chi connectivity index (χ2n) is 5.59. The standard InChI is InChI=1S/C13H19N/c1-10-5-4-6-12(2,3)11(10)13(9-14)7-8-13/h4-8H2,1-3H3. The molecule has 2 aliphatic carbocycles. The van der Waals surface area contributed by atoms with E-state index in [0.29, 0.717) is 0 Å². The second kappa shape index (κ2) is 2.86. The minimum Gasteiger partial charge on any atom is -0.197 e. The van der Waals surface area contributed by atoms with Crippen molar-refractivity contribution in [3.05, 3.63) is 11.1 Å². The van der Waals surface area contributed by atoms with Crippen molar-refractivity contribution < 1.29 is 0 Å². The highest BCUT2D eigenvalue weighted by Gasteiger charge is 2.52. The first kappa shape index (κ1) is 9.77. The summed E-state index contributed by atoms with van der Waals surface area (Å²) < 4.78 is 0. The van der Waals surface area contributed by atoms with Crippen molar-refractivity contribution in [2.75, 3.05) is 0 Å². The molecule has 1 nitrogen and oxygen atoms in total. The van der Waals surface area contributed by atoms with Crippen LogP contribution in [0.15, 0.2) is 11.1 Å². The molecule has 0 amide bonds. The molecule has 0 atom stereocenters. The molecule has 0 aromatic rings. The van der Waals surface area contributed by atoms with Gasteiger partial charge in [-0.15, -0.1) is 0 Å². The van der Waals surface area contributed by atoms with Gasteiger partial charge in [-0.25, -0.2) is 0 Å². The van der Waals surface area contributed by atoms with Crippen molar-refractivity contribution >= 4 is 0 Å². The van der Waals surface area contributed by atoms with E-state index in [4.69, 9.17) is 0 Å². The number of hydrogen-bond donors (Lipinski definition) is 0. The van der Waals surface area contributed by atoms with E-state index in [0.717, 1.165) is 12.8 Å². The Kier molecular flexibility index (Phi) is 2.00. The topological polar surface area (TPSA) is 23.8 Å². The third kappa shape index (κ3) is 1.29. The number of rotatable bonds is 1. The van der Waals surface area contributed by atoms with Crippen LogP contribution in [-0.2, 0) is 0 Å². The Morgan fingerprint density at radius 3 is 2.29 bits per heavy atom. The lowest BCUT2D eigenvalue weighted by Gasteiger charge is -2.37. The highest BCUT2D eigenvalue weighted by atomic mass is 14.6. The lowest BCUT2D eigenvalue weighted by atomic mass is 9.67. The highest BCUT2D eigenvalue weighted by molar-refractivity contribution is 5.39. The van der Waals surface area contributed by atoms with E-state index in [1.165, 1.54) is 30.4 Å². The Balaban J connectivity index is 2.44. The van der Waals surface area contributed by atoms with Crippen LogP contribution in [0.1, 0.15) is 52.9 Å². The summed E-state index contributed by atoms with van der Waals surface area (Å²) in [6.07, 6.45) is 5.95. The van der Waals surface area contributed by atoms with Crippen molar-refractivity contribution in [2.24, 2.45) is 10.8 Å². The van der Waals surface area contributed by atoms with Gasteiger partial charge in [-0.05, 0) is 50.0 Å². The Labute approximate surface area is 86.8 Å². The maximum atomic E-state index is 9.27. The van der Waals surface area contributed by atoms with Crippen LogP contribution in [0.4, 0.5) is 0 Å². The first-order chi connectivity index (χ1) is 6.52. The third-order valence-electron chi connectivity index (χ3n) is 3.90. The van der Waals surface area contributed by atoms with Crippen LogP contribution in [0.25, 0.3) is 0 Å². The molecule has 0 aromatic carbocycles.